The van der Waals surface area contributed by atoms with Crippen LogP contribution in [0.5, 0.6) is 0 Å². The summed E-state index contributed by atoms with van der Waals surface area (Å²) in [7, 11) is 1.58. The van der Waals surface area contributed by atoms with Crippen LogP contribution >= 0.6 is 11.3 Å². The number of alkyl halides is 2. The number of hydrogen-bond acceptors (Lipinski definition) is 3. The highest BCUT2D eigenvalue weighted by Crippen LogP contribution is 2.19. The second-order valence-corrected chi connectivity index (χ2v) is 5.04. The lowest BCUT2D eigenvalue weighted by Gasteiger charge is -2.17. The summed E-state index contributed by atoms with van der Waals surface area (Å²) in [5.41, 5.74) is 0.888. The molecule has 0 aromatic carbocycles. The van der Waals surface area contributed by atoms with Gasteiger partial charge in [-0.05, 0) is 23.9 Å². The first-order chi connectivity index (χ1) is 9.00. The maximum Gasteiger partial charge on any atom is 0.319 e. The zero-order chi connectivity index (χ0) is 14.0. The molecule has 0 aliphatic carbocycles. The van der Waals surface area contributed by atoms with Gasteiger partial charge >= 0.3 is 6.55 Å². The molecule has 0 atom stereocenters. The molecule has 0 spiro atoms. The van der Waals surface area contributed by atoms with Crippen LogP contribution < -0.4 is 0 Å². The number of carbonyl (C=O) groups excluding carboxylic acids is 1. The molecule has 0 saturated carbocycles. The predicted molar refractivity (Wildman–Crippen MR) is 68.3 cm³/mol. The predicted octanol–water partition coefficient (Wildman–Crippen LogP) is 2.92. The summed E-state index contributed by atoms with van der Waals surface area (Å²) in [6.07, 6.45) is 2.50. The van der Waals surface area contributed by atoms with Gasteiger partial charge in [0, 0.05) is 19.4 Å². The summed E-state index contributed by atoms with van der Waals surface area (Å²) in [5, 5.41) is 1.83. The molecule has 1 amide bonds. The van der Waals surface area contributed by atoms with E-state index in [0.29, 0.717) is 4.88 Å². The lowest BCUT2D eigenvalue weighted by atomic mass is 10.2. The average Bonchev–Trinajstić information content (AvgIpc) is 2.96. The number of halogens is 2. The summed E-state index contributed by atoms with van der Waals surface area (Å²) in [6.45, 7) is -0.755. The van der Waals surface area contributed by atoms with E-state index in [2.05, 4.69) is 4.98 Å². The van der Waals surface area contributed by atoms with Gasteiger partial charge in [0.05, 0.1) is 11.4 Å². The number of thiophene rings is 1. The molecule has 7 heteroatoms. The van der Waals surface area contributed by atoms with Crippen molar-refractivity contribution in [3.05, 3.63) is 40.1 Å². The number of nitrogens with zero attached hydrogens (tertiary/aromatic N) is 3. The minimum Gasteiger partial charge on any atom is -0.334 e. The molecule has 19 heavy (non-hydrogen) atoms. The second-order valence-electron chi connectivity index (χ2n) is 4.12. The van der Waals surface area contributed by atoms with E-state index in [4.69, 9.17) is 0 Å². The van der Waals surface area contributed by atoms with Crippen molar-refractivity contribution in [3.63, 3.8) is 0 Å². The summed E-state index contributed by atoms with van der Waals surface area (Å²) in [6, 6.07) is 1.85. The number of rotatable bonds is 4. The van der Waals surface area contributed by atoms with Crippen LogP contribution in [0.1, 0.15) is 27.6 Å². The van der Waals surface area contributed by atoms with Crippen LogP contribution in [0.2, 0.25) is 0 Å². The van der Waals surface area contributed by atoms with Gasteiger partial charge in [0.15, 0.2) is 0 Å². The molecule has 0 aliphatic rings. The molecule has 102 valence electrons. The van der Waals surface area contributed by atoms with Gasteiger partial charge in [-0.15, -0.1) is 11.3 Å². The van der Waals surface area contributed by atoms with Crippen LogP contribution in [0.4, 0.5) is 8.78 Å². The van der Waals surface area contributed by atoms with Crippen molar-refractivity contribution in [2.24, 2.45) is 0 Å². The zero-order valence-corrected chi connectivity index (χ0v) is 11.3. The Morgan fingerprint density at radius 3 is 2.89 bits per heavy atom. The largest absolute Gasteiger partial charge is 0.334 e. The Kier molecular flexibility index (Phi) is 3.94. The quantitative estimate of drug-likeness (QED) is 0.866. The Labute approximate surface area is 113 Å². The molecule has 2 aromatic rings. The van der Waals surface area contributed by atoms with Gasteiger partial charge in [-0.3, -0.25) is 9.36 Å². The van der Waals surface area contributed by atoms with Crippen molar-refractivity contribution >= 4 is 17.2 Å². The van der Waals surface area contributed by atoms with Crippen molar-refractivity contribution in [1.82, 2.24) is 14.5 Å². The average molecular weight is 285 g/mol. The van der Waals surface area contributed by atoms with E-state index in [0.717, 1.165) is 10.1 Å². The highest BCUT2D eigenvalue weighted by atomic mass is 32.1. The highest BCUT2D eigenvalue weighted by Gasteiger charge is 2.19. The van der Waals surface area contributed by atoms with Crippen LogP contribution in [-0.4, -0.2) is 27.4 Å². The van der Waals surface area contributed by atoms with Gasteiger partial charge in [-0.2, -0.15) is 8.78 Å². The maximum atomic E-state index is 12.7. The molecule has 2 rings (SSSR count). The fourth-order valence-electron chi connectivity index (χ4n) is 1.69. The van der Waals surface area contributed by atoms with Crippen LogP contribution in [0.3, 0.4) is 0 Å². The van der Waals surface area contributed by atoms with Gasteiger partial charge in [-0.25, -0.2) is 4.98 Å². The number of carbonyl (C=O) groups is 1. The Hall–Kier alpha value is -1.76. The van der Waals surface area contributed by atoms with Crippen molar-refractivity contribution in [3.8, 4) is 0 Å². The third-order valence-corrected chi connectivity index (χ3v) is 3.75. The van der Waals surface area contributed by atoms with E-state index < -0.39 is 6.55 Å². The molecule has 2 aromatic heterocycles. The minimum absolute atomic E-state index is 0.0491. The molecule has 2 heterocycles. The summed E-state index contributed by atoms with van der Waals surface area (Å²) >= 11 is 1.34. The van der Waals surface area contributed by atoms with Gasteiger partial charge in [0.2, 0.25) is 0 Å². The first kappa shape index (κ1) is 13.7. The topological polar surface area (TPSA) is 38.1 Å². The second kappa shape index (κ2) is 5.48. The van der Waals surface area contributed by atoms with E-state index in [-0.39, 0.29) is 18.3 Å². The molecule has 0 unspecified atom stereocenters. The Morgan fingerprint density at radius 1 is 1.58 bits per heavy atom. The van der Waals surface area contributed by atoms with E-state index >= 15 is 0 Å². The lowest BCUT2D eigenvalue weighted by Crippen LogP contribution is -2.27. The van der Waals surface area contributed by atoms with Gasteiger partial charge in [-0.1, -0.05) is 0 Å². The first-order valence-corrected chi connectivity index (χ1v) is 6.48. The third-order valence-electron chi connectivity index (χ3n) is 2.74. The molecule has 0 saturated heterocycles. The van der Waals surface area contributed by atoms with E-state index in [1.165, 1.54) is 28.6 Å². The fraction of sp³-hybridized carbons (Fsp3) is 0.333. The lowest BCUT2D eigenvalue weighted by molar-refractivity contribution is 0.0613. The molecule has 0 radical (unpaired) electrons. The third kappa shape index (κ3) is 2.81. The fourth-order valence-corrected chi connectivity index (χ4v) is 2.61. The Bertz CT molecular complexity index is 579. The number of aryl methyl sites for hydroxylation is 1. The van der Waals surface area contributed by atoms with Crippen molar-refractivity contribution in [2.45, 2.75) is 20.0 Å². The summed E-state index contributed by atoms with van der Waals surface area (Å²) < 4.78 is 26.1. The van der Waals surface area contributed by atoms with Crippen molar-refractivity contribution in [2.75, 3.05) is 7.05 Å². The molecular formula is C12H13F2N3OS. The first-order valence-electron chi connectivity index (χ1n) is 5.60. The number of amides is 1. The highest BCUT2D eigenvalue weighted by molar-refractivity contribution is 7.12. The zero-order valence-electron chi connectivity index (χ0n) is 10.5. The molecule has 0 fully saturated rings. The van der Waals surface area contributed by atoms with Crippen molar-refractivity contribution < 1.29 is 13.6 Å². The monoisotopic (exact) mass is 285 g/mol. The van der Waals surface area contributed by atoms with Gasteiger partial charge in [0.1, 0.15) is 5.82 Å². The standard InChI is InChI=1S/C12H13F2N3OS/c1-8-3-6-19-10(8)11(18)16(2)7-9-15-4-5-17(9)12(13)14/h3-6,12H,7H2,1-2H3. The van der Waals surface area contributed by atoms with Crippen LogP contribution in [0.25, 0.3) is 0 Å². The van der Waals surface area contributed by atoms with Crippen molar-refractivity contribution in [1.29, 1.82) is 0 Å². The SMILES string of the molecule is Cc1ccsc1C(=O)N(C)Cc1nccn1C(F)F. The normalized spacial score (nSPS) is 11.0. The Balaban J connectivity index is 2.13. The van der Waals surface area contributed by atoms with E-state index in [9.17, 15) is 13.6 Å². The molecule has 4 nitrogen and oxygen atoms in total. The van der Waals surface area contributed by atoms with Crippen LogP contribution in [0.15, 0.2) is 23.8 Å². The molecule has 0 aliphatic heterocycles. The summed E-state index contributed by atoms with van der Waals surface area (Å²) in [5.74, 6) is -0.0172. The molecular weight excluding hydrogens is 272 g/mol. The smallest absolute Gasteiger partial charge is 0.319 e. The number of hydrogen-bond donors (Lipinski definition) is 0. The van der Waals surface area contributed by atoms with Gasteiger partial charge in [0.25, 0.3) is 5.91 Å². The summed E-state index contributed by atoms with van der Waals surface area (Å²) in [4.78, 5) is 18.0. The number of aromatic nitrogens is 2. The number of imidazole rings is 1. The molecule has 0 bridgehead atoms. The minimum atomic E-state index is -2.65. The van der Waals surface area contributed by atoms with E-state index in [1.54, 1.807) is 7.05 Å². The Morgan fingerprint density at radius 2 is 2.32 bits per heavy atom. The maximum absolute atomic E-state index is 12.7. The van der Waals surface area contributed by atoms with Crippen LogP contribution in [-0.2, 0) is 6.54 Å². The van der Waals surface area contributed by atoms with Gasteiger partial charge < -0.3 is 4.90 Å². The van der Waals surface area contributed by atoms with Crippen LogP contribution in [0, 0.1) is 6.92 Å². The van der Waals surface area contributed by atoms with E-state index in [1.807, 2.05) is 18.4 Å². The molecule has 0 N–H and O–H groups in total.